The van der Waals surface area contributed by atoms with Gasteiger partial charge in [0.2, 0.25) is 5.91 Å². The second kappa shape index (κ2) is 10.3. The lowest BCUT2D eigenvalue weighted by molar-refractivity contribution is -0.186. The molecule has 8 atom stereocenters. The summed E-state index contributed by atoms with van der Waals surface area (Å²) in [5.74, 6) is 2.54. The third-order valence-electron chi connectivity index (χ3n) is 15.3. The Hall–Kier alpha value is -2.40. The van der Waals surface area contributed by atoms with Crippen LogP contribution in [0.3, 0.4) is 0 Å². The first-order valence-electron chi connectivity index (χ1n) is 17.9. The minimum Gasteiger partial charge on any atom is -0.359 e. The standard InChI is InChI=1S/C40H57N3O2/c1-35(2)19-21-40(34(44)42-25-27-23-30(43-45-27)26-11-9-8-10-12-26)22-20-38(6)28(29(40)24-35)13-14-32-37(5)17-16-33(41)36(3,4)31(37)15-18-39(32,38)7/h8-13,23,29,31-33H,14-22,24-25,41H2,1-7H3,(H,42,44)/t29-,31?,32?,33-,37-,38+,39+,40-/m0/s1. The van der Waals surface area contributed by atoms with E-state index in [1.54, 1.807) is 5.57 Å². The van der Waals surface area contributed by atoms with Crippen molar-refractivity contribution in [2.75, 3.05) is 0 Å². The molecule has 1 aromatic heterocycles. The first kappa shape index (κ1) is 31.2. The molecule has 7 rings (SSSR count). The molecule has 4 saturated carbocycles. The van der Waals surface area contributed by atoms with Gasteiger partial charge in [0.05, 0.1) is 12.0 Å². The van der Waals surface area contributed by atoms with E-state index in [-0.39, 0.29) is 38.9 Å². The Morgan fingerprint density at radius 3 is 2.42 bits per heavy atom. The topological polar surface area (TPSA) is 81.2 Å². The lowest BCUT2D eigenvalue weighted by Gasteiger charge is -2.71. The average molecular weight is 612 g/mol. The van der Waals surface area contributed by atoms with Crippen molar-refractivity contribution in [1.82, 2.24) is 10.5 Å². The summed E-state index contributed by atoms with van der Waals surface area (Å²) in [6, 6.07) is 12.3. The van der Waals surface area contributed by atoms with E-state index >= 15 is 0 Å². The molecule has 0 bridgehead atoms. The van der Waals surface area contributed by atoms with Gasteiger partial charge in [0.25, 0.3) is 0 Å². The average Bonchev–Trinajstić information content (AvgIpc) is 3.48. The Kier molecular flexibility index (Phi) is 7.14. The molecule has 1 aromatic carbocycles. The molecule has 244 valence electrons. The lowest BCUT2D eigenvalue weighted by Crippen LogP contribution is -2.66. The molecule has 0 spiro atoms. The van der Waals surface area contributed by atoms with Gasteiger partial charge in [-0.15, -0.1) is 0 Å². The van der Waals surface area contributed by atoms with Crippen molar-refractivity contribution in [3.8, 4) is 11.3 Å². The molecule has 1 amide bonds. The number of rotatable bonds is 4. The van der Waals surface area contributed by atoms with Crippen molar-refractivity contribution in [1.29, 1.82) is 0 Å². The predicted octanol–water partition coefficient (Wildman–Crippen LogP) is 9.09. The van der Waals surface area contributed by atoms with Gasteiger partial charge in [0, 0.05) is 17.7 Å². The first-order valence-corrected chi connectivity index (χ1v) is 17.9. The third kappa shape index (κ3) is 4.49. The van der Waals surface area contributed by atoms with E-state index in [0.29, 0.717) is 35.6 Å². The highest BCUT2D eigenvalue weighted by Gasteiger charge is 2.69. The summed E-state index contributed by atoms with van der Waals surface area (Å²) in [6.45, 7) is 18.0. The number of fused-ring (bicyclic) bond motifs is 7. The van der Waals surface area contributed by atoms with Crippen molar-refractivity contribution < 1.29 is 9.32 Å². The summed E-state index contributed by atoms with van der Waals surface area (Å²) < 4.78 is 5.69. The lowest BCUT2D eigenvalue weighted by atomic mass is 9.33. The quantitative estimate of drug-likeness (QED) is 0.338. The zero-order valence-electron chi connectivity index (χ0n) is 29.0. The van der Waals surface area contributed by atoms with Crippen molar-refractivity contribution in [3.63, 3.8) is 0 Å². The minimum absolute atomic E-state index is 0.116. The van der Waals surface area contributed by atoms with Gasteiger partial charge in [0.15, 0.2) is 5.76 Å². The fraction of sp³-hybridized carbons (Fsp3) is 0.700. The summed E-state index contributed by atoms with van der Waals surface area (Å²) in [6.07, 6.45) is 14.0. The number of nitrogens with one attached hydrogen (secondary N) is 1. The second-order valence-corrected chi connectivity index (χ2v) is 18.1. The van der Waals surface area contributed by atoms with Crippen molar-refractivity contribution in [2.45, 2.75) is 125 Å². The molecular weight excluding hydrogens is 554 g/mol. The molecule has 0 aliphatic heterocycles. The Balaban J connectivity index is 1.19. The third-order valence-corrected chi connectivity index (χ3v) is 15.3. The van der Waals surface area contributed by atoms with Crippen LogP contribution in [-0.4, -0.2) is 17.1 Å². The number of nitrogens with two attached hydrogens (primary N) is 1. The highest BCUT2D eigenvalue weighted by Crippen LogP contribution is 2.75. The van der Waals surface area contributed by atoms with Gasteiger partial charge in [-0.1, -0.05) is 95.6 Å². The van der Waals surface area contributed by atoms with Crippen molar-refractivity contribution in [3.05, 3.63) is 53.8 Å². The van der Waals surface area contributed by atoms with Crippen LogP contribution in [0.1, 0.15) is 118 Å². The molecular formula is C40H57N3O2. The fourth-order valence-corrected chi connectivity index (χ4v) is 12.2. The normalized spacial score (nSPS) is 41.5. The molecule has 5 heteroatoms. The van der Waals surface area contributed by atoms with E-state index in [9.17, 15) is 4.79 Å². The van der Waals surface area contributed by atoms with E-state index < -0.39 is 0 Å². The van der Waals surface area contributed by atoms with Gasteiger partial charge < -0.3 is 15.6 Å². The van der Waals surface area contributed by atoms with Gasteiger partial charge in [-0.25, -0.2) is 0 Å². The second-order valence-electron chi connectivity index (χ2n) is 18.1. The molecule has 5 nitrogen and oxygen atoms in total. The number of hydrogen-bond acceptors (Lipinski definition) is 4. The molecule has 45 heavy (non-hydrogen) atoms. The number of amides is 1. The van der Waals surface area contributed by atoms with Crippen LogP contribution in [0.2, 0.25) is 0 Å². The molecule has 2 aromatic rings. The molecule has 5 aliphatic rings. The molecule has 4 fully saturated rings. The maximum atomic E-state index is 14.5. The van der Waals surface area contributed by atoms with E-state index in [1.165, 1.54) is 19.3 Å². The summed E-state index contributed by atoms with van der Waals surface area (Å²) in [5, 5.41) is 7.66. The van der Waals surface area contributed by atoms with Gasteiger partial charge in [-0.2, -0.15) is 0 Å². The molecule has 0 radical (unpaired) electrons. The van der Waals surface area contributed by atoms with Crippen LogP contribution in [0.5, 0.6) is 0 Å². The number of carbonyl (C=O) groups is 1. The number of aromatic nitrogens is 1. The van der Waals surface area contributed by atoms with E-state index in [0.717, 1.165) is 56.2 Å². The summed E-state index contributed by atoms with van der Waals surface area (Å²) in [7, 11) is 0. The van der Waals surface area contributed by atoms with Crippen LogP contribution >= 0.6 is 0 Å². The molecule has 3 N–H and O–H groups in total. The zero-order chi connectivity index (χ0) is 32.0. The number of carbonyl (C=O) groups excluding carboxylic acids is 1. The summed E-state index contributed by atoms with van der Waals surface area (Å²) in [5.41, 5.74) is 11.0. The Morgan fingerprint density at radius 2 is 1.67 bits per heavy atom. The highest BCUT2D eigenvalue weighted by atomic mass is 16.5. The van der Waals surface area contributed by atoms with Crippen LogP contribution < -0.4 is 11.1 Å². The first-order chi connectivity index (χ1) is 21.2. The zero-order valence-corrected chi connectivity index (χ0v) is 29.0. The predicted molar refractivity (Wildman–Crippen MR) is 181 cm³/mol. The monoisotopic (exact) mass is 611 g/mol. The Bertz CT molecular complexity index is 1490. The van der Waals surface area contributed by atoms with Crippen LogP contribution in [0, 0.1) is 50.2 Å². The maximum Gasteiger partial charge on any atom is 0.227 e. The molecule has 5 aliphatic carbocycles. The van der Waals surface area contributed by atoms with Crippen LogP contribution in [0.4, 0.5) is 0 Å². The molecule has 2 unspecified atom stereocenters. The van der Waals surface area contributed by atoms with Crippen molar-refractivity contribution >= 4 is 5.91 Å². The number of hydrogen-bond donors (Lipinski definition) is 2. The molecule has 1 heterocycles. The minimum atomic E-state index is -0.354. The fourth-order valence-electron chi connectivity index (χ4n) is 12.2. The van der Waals surface area contributed by atoms with Gasteiger partial charge in [-0.05, 0) is 109 Å². The smallest absolute Gasteiger partial charge is 0.227 e. The Morgan fingerprint density at radius 1 is 0.933 bits per heavy atom. The highest BCUT2D eigenvalue weighted by molar-refractivity contribution is 5.84. The number of allylic oxidation sites excluding steroid dienone is 2. The van der Waals surface area contributed by atoms with Crippen LogP contribution in [0.15, 0.2) is 52.6 Å². The van der Waals surface area contributed by atoms with E-state index in [1.807, 2.05) is 36.4 Å². The van der Waals surface area contributed by atoms with Gasteiger partial charge in [0.1, 0.15) is 5.69 Å². The largest absolute Gasteiger partial charge is 0.359 e. The number of benzene rings is 1. The van der Waals surface area contributed by atoms with Crippen LogP contribution in [0.25, 0.3) is 11.3 Å². The van der Waals surface area contributed by atoms with Crippen molar-refractivity contribution in [2.24, 2.45) is 56.0 Å². The molecule has 0 saturated heterocycles. The van der Waals surface area contributed by atoms with Crippen LogP contribution in [-0.2, 0) is 11.3 Å². The van der Waals surface area contributed by atoms with Gasteiger partial charge in [-0.3, -0.25) is 4.79 Å². The summed E-state index contributed by atoms with van der Waals surface area (Å²) >= 11 is 0. The number of nitrogens with zero attached hydrogens (tertiary/aromatic N) is 1. The Labute approximate surface area is 271 Å². The van der Waals surface area contributed by atoms with E-state index in [2.05, 4.69) is 65.0 Å². The maximum absolute atomic E-state index is 14.5. The SMILES string of the molecule is CC1(C)CC[C@]2(C(=O)NCc3cc(-c4ccccc4)no3)CC[C@]3(C)C(=CCC4[C@@]5(C)CC[C@H](N)C(C)(C)C5CC[C@]43C)[C@@H]2C1. The van der Waals surface area contributed by atoms with E-state index in [4.69, 9.17) is 10.3 Å². The van der Waals surface area contributed by atoms with Gasteiger partial charge >= 0.3 is 0 Å². The summed E-state index contributed by atoms with van der Waals surface area (Å²) in [4.78, 5) is 14.5.